The largest absolute Gasteiger partial charge is 0.497 e. The molecule has 0 bridgehead atoms. The van der Waals surface area contributed by atoms with Crippen LogP contribution in [0.15, 0.2) is 34.9 Å². The third-order valence-corrected chi connectivity index (χ3v) is 2.94. The molecule has 0 aliphatic heterocycles. The van der Waals surface area contributed by atoms with Crippen LogP contribution in [0.2, 0.25) is 0 Å². The minimum absolute atomic E-state index is 0.0235. The van der Waals surface area contributed by atoms with Crippen LogP contribution in [0.25, 0.3) is 0 Å². The first-order chi connectivity index (χ1) is 10.1. The molecule has 0 aliphatic carbocycles. The van der Waals surface area contributed by atoms with Gasteiger partial charge in [0.25, 0.3) is 6.01 Å². The molecule has 112 valence electrons. The lowest BCUT2D eigenvalue weighted by atomic mass is 10.1. The number of methoxy groups -OCH3 is 1. The van der Waals surface area contributed by atoms with Gasteiger partial charge in [0.05, 0.1) is 19.8 Å². The van der Waals surface area contributed by atoms with Gasteiger partial charge in [-0.15, -0.1) is 0 Å². The maximum atomic E-state index is 11.5. The average molecular weight is 290 g/mol. The number of rotatable bonds is 6. The standard InChI is InChI=1S/C15H18N2O4/c1-4-20-14(18)13-9-21-15(17-13)16-10(2)11-5-7-12(19-3)8-6-11/h5-10H,4H2,1-3H3,(H,16,17). The normalized spacial score (nSPS) is 11.8. The maximum Gasteiger partial charge on any atom is 0.360 e. The summed E-state index contributed by atoms with van der Waals surface area (Å²) in [5, 5.41) is 3.09. The summed E-state index contributed by atoms with van der Waals surface area (Å²) >= 11 is 0. The Balaban J connectivity index is 2.01. The third kappa shape index (κ3) is 3.75. The Morgan fingerprint density at radius 1 is 1.38 bits per heavy atom. The smallest absolute Gasteiger partial charge is 0.360 e. The number of oxazole rings is 1. The molecule has 1 unspecified atom stereocenters. The number of ether oxygens (including phenoxy) is 2. The molecule has 1 aromatic carbocycles. The van der Waals surface area contributed by atoms with Crippen molar-refractivity contribution in [2.45, 2.75) is 19.9 Å². The van der Waals surface area contributed by atoms with E-state index < -0.39 is 5.97 Å². The van der Waals surface area contributed by atoms with Gasteiger partial charge in [0, 0.05) is 0 Å². The van der Waals surface area contributed by atoms with Crippen molar-refractivity contribution in [3.05, 3.63) is 41.8 Å². The molecule has 0 saturated heterocycles. The highest BCUT2D eigenvalue weighted by Crippen LogP contribution is 2.21. The van der Waals surface area contributed by atoms with Gasteiger partial charge in [0.15, 0.2) is 5.69 Å². The van der Waals surface area contributed by atoms with E-state index in [4.69, 9.17) is 13.9 Å². The second kappa shape index (κ2) is 6.78. The van der Waals surface area contributed by atoms with Crippen molar-refractivity contribution < 1.29 is 18.7 Å². The van der Waals surface area contributed by atoms with Gasteiger partial charge in [0.2, 0.25) is 0 Å². The SMILES string of the molecule is CCOC(=O)c1coc(NC(C)c2ccc(OC)cc2)n1. The number of anilines is 1. The molecule has 1 aromatic heterocycles. The summed E-state index contributed by atoms with van der Waals surface area (Å²) in [5.41, 5.74) is 1.20. The van der Waals surface area contributed by atoms with E-state index in [-0.39, 0.29) is 17.8 Å². The maximum absolute atomic E-state index is 11.5. The lowest BCUT2D eigenvalue weighted by molar-refractivity contribution is 0.0519. The quantitative estimate of drug-likeness (QED) is 0.824. The number of hydrogen-bond donors (Lipinski definition) is 1. The first-order valence-corrected chi connectivity index (χ1v) is 6.67. The van der Waals surface area contributed by atoms with E-state index in [2.05, 4.69) is 10.3 Å². The van der Waals surface area contributed by atoms with Crippen LogP contribution in [-0.4, -0.2) is 24.7 Å². The van der Waals surface area contributed by atoms with E-state index >= 15 is 0 Å². The van der Waals surface area contributed by atoms with E-state index in [1.54, 1.807) is 14.0 Å². The zero-order valence-electron chi connectivity index (χ0n) is 12.3. The van der Waals surface area contributed by atoms with Gasteiger partial charge >= 0.3 is 5.97 Å². The number of benzene rings is 1. The number of nitrogens with zero attached hydrogens (tertiary/aromatic N) is 1. The van der Waals surface area contributed by atoms with Gasteiger partial charge in [-0.25, -0.2) is 4.79 Å². The molecular weight excluding hydrogens is 272 g/mol. The van der Waals surface area contributed by atoms with E-state index in [9.17, 15) is 4.79 Å². The molecule has 1 heterocycles. The van der Waals surface area contributed by atoms with E-state index in [0.29, 0.717) is 6.61 Å². The molecule has 1 N–H and O–H groups in total. The summed E-state index contributed by atoms with van der Waals surface area (Å²) in [6.45, 7) is 4.01. The lowest BCUT2D eigenvalue weighted by Gasteiger charge is -2.12. The Morgan fingerprint density at radius 3 is 2.71 bits per heavy atom. The summed E-state index contributed by atoms with van der Waals surface area (Å²) in [6.07, 6.45) is 1.28. The van der Waals surface area contributed by atoms with Gasteiger partial charge in [-0.1, -0.05) is 12.1 Å². The molecule has 21 heavy (non-hydrogen) atoms. The van der Waals surface area contributed by atoms with Crippen LogP contribution in [0.5, 0.6) is 5.75 Å². The minimum atomic E-state index is -0.494. The highest BCUT2D eigenvalue weighted by atomic mass is 16.5. The first kappa shape index (κ1) is 14.9. The number of esters is 1. The van der Waals surface area contributed by atoms with Crippen LogP contribution in [0.3, 0.4) is 0 Å². The Hall–Kier alpha value is -2.50. The van der Waals surface area contributed by atoms with Crippen molar-refractivity contribution >= 4 is 12.0 Å². The molecule has 2 aromatic rings. The van der Waals surface area contributed by atoms with Crippen LogP contribution in [0.4, 0.5) is 6.01 Å². The first-order valence-electron chi connectivity index (χ1n) is 6.67. The molecule has 0 spiro atoms. The number of carbonyl (C=O) groups is 1. The second-order valence-corrected chi connectivity index (χ2v) is 4.40. The minimum Gasteiger partial charge on any atom is -0.497 e. The molecule has 2 rings (SSSR count). The Morgan fingerprint density at radius 2 is 2.10 bits per heavy atom. The van der Waals surface area contributed by atoms with Crippen LogP contribution < -0.4 is 10.1 Å². The topological polar surface area (TPSA) is 73.6 Å². The fourth-order valence-corrected chi connectivity index (χ4v) is 1.80. The molecule has 0 saturated carbocycles. The number of hydrogen-bond acceptors (Lipinski definition) is 6. The summed E-state index contributed by atoms with van der Waals surface area (Å²) in [7, 11) is 1.63. The lowest BCUT2D eigenvalue weighted by Crippen LogP contribution is -2.08. The summed E-state index contributed by atoms with van der Waals surface area (Å²) in [4.78, 5) is 15.5. The average Bonchev–Trinajstić information content (AvgIpc) is 2.96. The monoisotopic (exact) mass is 290 g/mol. The molecule has 6 nitrogen and oxygen atoms in total. The third-order valence-electron chi connectivity index (χ3n) is 2.94. The van der Waals surface area contributed by atoms with Crippen LogP contribution in [-0.2, 0) is 4.74 Å². The van der Waals surface area contributed by atoms with Gasteiger partial charge in [-0.3, -0.25) is 0 Å². The summed E-state index contributed by atoms with van der Waals surface area (Å²) in [5.74, 6) is 0.304. The van der Waals surface area contributed by atoms with Gasteiger partial charge < -0.3 is 19.2 Å². The summed E-state index contributed by atoms with van der Waals surface area (Å²) < 4.78 is 15.2. The zero-order valence-corrected chi connectivity index (χ0v) is 12.3. The van der Waals surface area contributed by atoms with Crippen LogP contribution in [0.1, 0.15) is 35.9 Å². The van der Waals surface area contributed by atoms with Crippen LogP contribution in [0, 0.1) is 0 Å². The van der Waals surface area contributed by atoms with Crippen molar-refractivity contribution in [3.8, 4) is 5.75 Å². The van der Waals surface area contributed by atoms with Gasteiger partial charge in [-0.2, -0.15) is 4.98 Å². The van der Waals surface area contributed by atoms with E-state index in [0.717, 1.165) is 11.3 Å². The van der Waals surface area contributed by atoms with Gasteiger partial charge in [0.1, 0.15) is 12.0 Å². The van der Waals surface area contributed by atoms with Crippen molar-refractivity contribution in [3.63, 3.8) is 0 Å². The Labute approximate surface area is 123 Å². The Bertz CT molecular complexity index is 592. The van der Waals surface area contributed by atoms with E-state index in [1.807, 2.05) is 31.2 Å². The van der Waals surface area contributed by atoms with E-state index in [1.165, 1.54) is 6.26 Å². The van der Waals surface area contributed by atoms with Crippen molar-refractivity contribution in [2.75, 3.05) is 19.0 Å². The zero-order chi connectivity index (χ0) is 15.2. The van der Waals surface area contributed by atoms with Crippen molar-refractivity contribution in [1.29, 1.82) is 0 Å². The molecule has 0 fully saturated rings. The highest BCUT2D eigenvalue weighted by Gasteiger charge is 2.15. The van der Waals surface area contributed by atoms with Gasteiger partial charge in [-0.05, 0) is 31.5 Å². The number of nitrogens with one attached hydrogen (secondary N) is 1. The fraction of sp³-hybridized carbons (Fsp3) is 0.333. The molecular formula is C15H18N2O4. The second-order valence-electron chi connectivity index (χ2n) is 4.40. The molecule has 0 aliphatic rings. The van der Waals surface area contributed by atoms with Crippen molar-refractivity contribution in [1.82, 2.24) is 4.98 Å². The summed E-state index contributed by atoms with van der Waals surface area (Å²) in [6, 6.07) is 7.92. The number of aromatic nitrogens is 1. The predicted molar refractivity (Wildman–Crippen MR) is 77.5 cm³/mol. The highest BCUT2D eigenvalue weighted by molar-refractivity contribution is 5.87. The number of carbonyl (C=O) groups excluding carboxylic acids is 1. The predicted octanol–water partition coefficient (Wildman–Crippen LogP) is 3.03. The molecule has 1 atom stereocenters. The molecule has 0 amide bonds. The fourth-order valence-electron chi connectivity index (χ4n) is 1.80. The molecule has 6 heteroatoms. The Kier molecular flexibility index (Phi) is 4.81. The molecule has 0 radical (unpaired) electrons. The van der Waals surface area contributed by atoms with Crippen molar-refractivity contribution in [2.24, 2.45) is 0 Å². The van der Waals surface area contributed by atoms with Crippen LogP contribution >= 0.6 is 0 Å².